The van der Waals surface area contributed by atoms with Gasteiger partial charge in [0.15, 0.2) is 0 Å². The number of nitrogens with zero attached hydrogens (tertiary/aromatic N) is 2. The lowest BCUT2D eigenvalue weighted by atomic mass is 10.3. The molecule has 1 saturated carbocycles. The molecular weight excluding hydrogens is 297 g/mol. The van der Waals surface area contributed by atoms with E-state index in [1.54, 1.807) is 18.2 Å². The molecule has 0 aliphatic heterocycles. The Bertz CT molecular complexity index is 651. The van der Waals surface area contributed by atoms with Crippen LogP contribution < -0.4 is 10.5 Å². The van der Waals surface area contributed by atoms with Crippen LogP contribution in [0.2, 0.25) is 10.0 Å². The molecule has 4 nitrogen and oxygen atoms in total. The highest BCUT2D eigenvalue weighted by Crippen LogP contribution is 2.40. The van der Waals surface area contributed by atoms with Gasteiger partial charge in [-0.1, -0.05) is 23.2 Å². The average Bonchev–Trinajstić information content (AvgIpc) is 3.17. The molecule has 20 heavy (non-hydrogen) atoms. The topological polar surface area (TPSA) is 61.0 Å². The molecule has 1 aromatic heterocycles. The van der Waals surface area contributed by atoms with Gasteiger partial charge >= 0.3 is 0 Å². The zero-order chi connectivity index (χ0) is 14.3. The molecule has 0 atom stereocenters. The van der Waals surface area contributed by atoms with Gasteiger partial charge in [0.25, 0.3) is 0 Å². The van der Waals surface area contributed by atoms with Crippen LogP contribution in [0.25, 0.3) is 0 Å². The number of nitrogens with two attached hydrogens (primary N) is 1. The number of halogens is 2. The summed E-state index contributed by atoms with van der Waals surface area (Å²) in [5, 5.41) is 1.02. The fraction of sp³-hybridized carbons (Fsp3) is 0.286. The van der Waals surface area contributed by atoms with Gasteiger partial charge < -0.3 is 10.5 Å². The Balaban J connectivity index is 1.96. The molecule has 0 bridgehead atoms. The van der Waals surface area contributed by atoms with E-state index in [2.05, 4.69) is 9.97 Å². The van der Waals surface area contributed by atoms with E-state index in [1.807, 2.05) is 6.92 Å². The van der Waals surface area contributed by atoms with Gasteiger partial charge in [0.1, 0.15) is 17.4 Å². The normalized spacial score (nSPS) is 14.3. The summed E-state index contributed by atoms with van der Waals surface area (Å²) < 4.78 is 5.77. The molecule has 0 unspecified atom stereocenters. The monoisotopic (exact) mass is 309 g/mol. The Morgan fingerprint density at radius 3 is 2.40 bits per heavy atom. The molecule has 1 aliphatic rings. The van der Waals surface area contributed by atoms with Crippen molar-refractivity contribution in [2.75, 3.05) is 5.73 Å². The molecule has 6 heteroatoms. The van der Waals surface area contributed by atoms with Gasteiger partial charge in [-0.15, -0.1) is 0 Å². The van der Waals surface area contributed by atoms with Gasteiger partial charge in [-0.25, -0.2) is 4.98 Å². The highest BCUT2D eigenvalue weighted by Gasteiger charge is 2.28. The summed E-state index contributed by atoms with van der Waals surface area (Å²) >= 11 is 11.9. The first kappa shape index (κ1) is 13.5. The minimum absolute atomic E-state index is 0.406. The zero-order valence-corrected chi connectivity index (χ0v) is 12.4. The summed E-state index contributed by atoms with van der Waals surface area (Å²) in [5.74, 6) is 2.59. The minimum atomic E-state index is 0.406. The van der Waals surface area contributed by atoms with E-state index in [0.717, 1.165) is 18.7 Å². The standard InChI is InChI=1S/C14H13Cl2N3O/c1-7-12(17)18-13(8-2-3-8)19-14(7)20-11-5-9(15)4-10(16)6-11/h4-6,8H,2-3H2,1H3,(H2,17,18,19). The third-order valence-corrected chi connectivity index (χ3v) is 3.59. The lowest BCUT2D eigenvalue weighted by molar-refractivity contribution is 0.455. The Morgan fingerprint density at radius 2 is 1.80 bits per heavy atom. The van der Waals surface area contributed by atoms with E-state index >= 15 is 0 Å². The highest BCUT2D eigenvalue weighted by molar-refractivity contribution is 6.34. The van der Waals surface area contributed by atoms with Gasteiger partial charge in [-0.3, -0.25) is 0 Å². The van der Waals surface area contributed by atoms with E-state index in [9.17, 15) is 0 Å². The SMILES string of the molecule is Cc1c(N)nc(C2CC2)nc1Oc1cc(Cl)cc(Cl)c1. The fourth-order valence-corrected chi connectivity index (χ4v) is 2.36. The maximum atomic E-state index is 5.96. The van der Waals surface area contributed by atoms with Crippen LogP contribution in [-0.4, -0.2) is 9.97 Å². The predicted molar refractivity (Wildman–Crippen MR) is 79.7 cm³/mol. The zero-order valence-electron chi connectivity index (χ0n) is 10.9. The van der Waals surface area contributed by atoms with E-state index in [-0.39, 0.29) is 0 Å². The Kier molecular flexibility index (Phi) is 3.44. The van der Waals surface area contributed by atoms with Crippen LogP contribution in [0.1, 0.15) is 30.1 Å². The molecule has 2 N–H and O–H groups in total. The van der Waals surface area contributed by atoms with Crippen molar-refractivity contribution < 1.29 is 4.74 Å². The van der Waals surface area contributed by atoms with Crippen LogP contribution >= 0.6 is 23.2 Å². The second kappa shape index (κ2) is 5.11. The maximum Gasteiger partial charge on any atom is 0.227 e. The third-order valence-electron chi connectivity index (χ3n) is 3.15. The summed E-state index contributed by atoms with van der Waals surface area (Å²) in [6, 6.07) is 5.01. The highest BCUT2D eigenvalue weighted by atomic mass is 35.5. The molecule has 0 saturated heterocycles. The molecule has 0 radical (unpaired) electrons. The Labute approximate surface area is 126 Å². The number of ether oxygens (including phenoxy) is 1. The first-order valence-corrected chi connectivity index (χ1v) is 7.06. The van der Waals surface area contributed by atoms with Gasteiger partial charge in [-0.2, -0.15) is 4.98 Å². The third kappa shape index (κ3) is 2.81. The summed E-state index contributed by atoms with van der Waals surface area (Å²) in [4.78, 5) is 8.76. The van der Waals surface area contributed by atoms with Gasteiger partial charge in [-0.05, 0) is 38.0 Å². The van der Waals surface area contributed by atoms with Crippen LogP contribution in [0.5, 0.6) is 11.6 Å². The van der Waals surface area contributed by atoms with Crippen molar-refractivity contribution >= 4 is 29.0 Å². The lowest BCUT2D eigenvalue weighted by Crippen LogP contribution is -2.04. The smallest absolute Gasteiger partial charge is 0.227 e. The van der Waals surface area contributed by atoms with Crippen molar-refractivity contribution in [2.45, 2.75) is 25.7 Å². The molecule has 2 aromatic rings. The van der Waals surface area contributed by atoms with Crippen LogP contribution in [0, 0.1) is 6.92 Å². The Morgan fingerprint density at radius 1 is 1.15 bits per heavy atom. The second-order valence-corrected chi connectivity index (χ2v) is 5.75. The van der Waals surface area contributed by atoms with E-state index in [0.29, 0.717) is 39.0 Å². The summed E-state index contributed by atoms with van der Waals surface area (Å²) in [6.45, 7) is 1.83. The van der Waals surface area contributed by atoms with Crippen molar-refractivity contribution in [1.29, 1.82) is 0 Å². The minimum Gasteiger partial charge on any atom is -0.438 e. The van der Waals surface area contributed by atoms with Crippen molar-refractivity contribution in [3.8, 4) is 11.6 Å². The Hall–Kier alpha value is -1.52. The van der Waals surface area contributed by atoms with Gasteiger partial charge in [0, 0.05) is 16.0 Å². The fourth-order valence-electron chi connectivity index (χ4n) is 1.85. The van der Waals surface area contributed by atoms with Crippen LogP contribution in [0.3, 0.4) is 0 Å². The molecule has 3 rings (SSSR count). The van der Waals surface area contributed by atoms with Gasteiger partial charge in [0.05, 0.1) is 5.56 Å². The quantitative estimate of drug-likeness (QED) is 0.916. The molecule has 0 spiro atoms. The number of anilines is 1. The van der Waals surface area contributed by atoms with E-state index < -0.39 is 0 Å². The van der Waals surface area contributed by atoms with Crippen LogP contribution in [-0.2, 0) is 0 Å². The van der Waals surface area contributed by atoms with E-state index in [1.165, 1.54) is 0 Å². The molecule has 104 valence electrons. The largest absolute Gasteiger partial charge is 0.438 e. The summed E-state index contributed by atoms with van der Waals surface area (Å²) in [6.07, 6.45) is 2.20. The molecular formula is C14H13Cl2N3O. The first-order valence-electron chi connectivity index (χ1n) is 6.31. The molecule has 1 aliphatic carbocycles. The van der Waals surface area contributed by atoms with Crippen molar-refractivity contribution in [3.05, 3.63) is 39.6 Å². The maximum absolute atomic E-state index is 5.96. The molecule has 1 aromatic carbocycles. The van der Waals surface area contributed by atoms with Crippen molar-refractivity contribution in [1.82, 2.24) is 9.97 Å². The number of hydrogen-bond acceptors (Lipinski definition) is 4. The second-order valence-electron chi connectivity index (χ2n) is 4.88. The van der Waals surface area contributed by atoms with Crippen molar-refractivity contribution in [2.24, 2.45) is 0 Å². The van der Waals surface area contributed by atoms with E-state index in [4.69, 9.17) is 33.7 Å². The average molecular weight is 310 g/mol. The number of hydrogen-bond donors (Lipinski definition) is 1. The molecule has 1 fully saturated rings. The van der Waals surface area contributed by atoms with Crippen LogP contribution in [0.15, 0.2) is 18.2 Å². The number of nitrogen functional groups attached to an aromatic ring is 1. The lowest BCUT2D eigenvalue weighted by Gasteiger charge is -2.11. The summed E-state index contributed by atoms with van der Waals surface area (Å²) in [7, 11) is 0. The number of benzene rings is 1. The van der Waals surface area contributed by atoms with Gasteiger partial charge in [0.2, 0.25) is 5.88 Å². The van der Waals surface area contributed by atoms with Crippen molar-refractivity contribution in [3.63, 3.8) is 0 Å². The number of rotatable bonds is 3. The van der Waals surface area contributed by atoms with Crippen LogP contribution in [0.4, 0.5) is 5.82 Å². The first-order chi connectivity index (χ1) is 9.52. The molecule has 0 amide bonds. The number of aromatic nitrogens is 2. The molecule has 1 heterocycles. The summed E-state index contributed by atoms with van der Waals surface area (Å²) in [5.41, 5.74) is 6.63. The predicted octanol–water partition coefficient (Wildman–Crippen LogP) is 4.34.